The highest BCUT2D eigenvalue weighted by Gasteiger charge is 2.09. The van der Waals surface area contributed by atoms with Crippen LogP contribution in [0, 0.1) is 0 Å². The van der Waals surface area contributed by atoms with Crippen LogP contribution < -0.4 is 4.74 Å². The predicted molar refractivity (Wildman–Crippen MR) is 115 cm³/mol. The van der Waals surface area contributed by atoms with Gasteiger partial charge < -0.3 is 4.74 Å². The molecule has 0 bridgehead atoms. The van der Waals surface area contributed by atoms with Gasteiger partial charge in [-0.25, -0.2) is 0 Å². The van der Waals surface area contributed by atoms with Crippen molar-refractivity contribution in [1.29, 1.82) is 0 Å². The Morgan fingerprint density at radius 1 is 0.852 bits per heavy atom. The van der Waals surface area contributed by atoms with E-state index < -0.39 is 0 Å². The van der Waals surface area contributed by atoms with Crippen LogP contribution in [0.1, 0.15) is 32.6 Å². The van der Waals surface area contributed by atoms with Crippen LogP contribution in [0.15, 0.2) is 79.4 Å². The molecule has 0 fully saturated rings. The Balaban J connectivity index is 1.61. The second-order valence-corrected chi connectivity index (χ2v) is 7.02. The fraction of sp³-hybridized carbons (Fsp3) is 0.125. The van der Waals surface area contributed by atoms with Crippen LogP contribution in [-0.4, -0.2) is 11.1 Å². The van der Waals surface area contributed by atoms with Crippen molar-refractivity contribution in [2.75, 3.05) is 5.33 Å². The van der Waals surface area contributed by atoms with Crippen LogP contribution in [0.2, 0.25) is 0 Å². The van der Waals surface area contributed by atoms with Crippen LogP contribution >= 0.6 is 15.9 Å². The van der Waals surface area contributed by atoms with Crippen molar-refractivity contribution in [2.45, 2.75) is 13.0 Å². The lowest BCUT2D eigenvalue weighted by atomic mass is 10.0. The van der Waals surface area contributed by atoms with E-state index in [0.717, 1.165) is 28.6 Å². The van der Waals surface area contributed by atoms with E-state index in [1.54, 1.807) is 0 Å². The zero-order valence-electron chi connectivity index (χ0n) is 15.0. The highest BCUT2D eigenvalue weighted by Crippen LogP contribution is 2.18. The lowest BCUT2D eigenvalue weighted by Crippen LogP contribution is -2.02. The van der Waals surface area contributed by atoms with Crippen LogP contribution in [-0.2, 0) is 13.0 Å². The zero-order chi connectivity index (χ0) is 19.1. The summed E-state index contributed by atoms with van der Waals surface area (Å²) in [5, 5.41) is 0.917. The molecule has 27 heavy (non-hydrogen) atoms. The Labute approximate surface area is 168 Å². The molecule has 3 rings (SSSR count). The van der Waals surface area contributed by atoms with Crippen molar-refractivity contribution in [3.63, 3.8) is 0 Å². The van der Waals surface area contributed by atoms with E-state index in [2.05, 4.69) is 22.5 Å². The van der Waals surface area contributed by atoms with Gasteiger partial charge in [0.1, 0.15) is 12.4 Å². The van der Waals surface area contributed by atoms with Gasteiger partial charge in [0, 0.05) is 16.5 Å². The number of carbonyl (C=O) groups excluding carboxylic acids is 1. The molecule has 0 aliphatic heterocycles. The van der Waals surface area contributed by atoms with Crippen molar-refractivity contribution in [2.24, 2.45) is 0 Å². The average Bonchev–Trinajstić information content (AvgIpc) is 2.73. The summed E-state index contributed by atoms with van der Waals surface area (Å²) < 4.78 is 5.81. The van der Waals surface area contributed by atoms with E-state index in [1.165, 1.54) is 5.56 Å². The van der Waals surface area contributed by atoms with E-state index in [4.69, 9.17) is 4.74 Å². The fourth-order valence-electron chi connectivity index (χ4n) is 2.72. The first kappa shape index (κ1) is 19.1. The maximum Gasteiger partial charge on any atom is 0.193 e. The zero-order valence-corrected chi connectivity index (χ0v) is 16.6. The largest absolute Gasteiger partial charge is 0.489 e. The fourth-order valence-corrected chi connectivity index (χ4v) is 3.18. The molecule has 0 N–H and O–H groups in total. The Morgan fingerprint density at radius 2 is 1.41 bits per heavy atom. The third-order valence-corrected chi connectivity index (χ3v) is 4.73. The predicted octanol–water partition coefficient (Wildman–Crippen LogP) is 6.08. The van der Waals surface area contributed by atoms with Gasteiger partial charge in [0.2, 0.25) is 0 Å². The number of aryl methyl sites for hydroxylation is 1. The molecule has 0 aliphatic rings. The molecular weight excluding hydrogens is 400 g/mol. The first-order valence-electron chi connectivity index (χ1n) is 8.83. The molecule has 0 spiro atoms. The Bertz CT molecular complexity index is 895. The van der Waals surface area contributed by atoms with Crippen LogP contribution in [0.3, 0.4) is 0 Å². The van der Waals surface area contributed by atoms with Gasteiger partial charge in [-0.3, -0.25) is 4.79 Å². The van der Waals surface area contributed by atoms with Gasteiger partial charge in [-0.2, -0.15) is 0 Å². The number of ether oxygens (including phenoxy) is 1. The minimum atomic E-state index is 0.0203. The standard InChI is InChI=1S/C24H21BrO2/c1-2-18-3-5-20(6-4-18)17-27-23-13-11-22(12-14-23)24(26)21-9-7-19(8-10-21)15-16-25/h2-14H,1,15-17H2. The number of benzene rings is 3. The number of alkyl halides is 1. The Kier molecular flexibility index (Phi) is 6.61. The van der Waals surface area contributed by atoms with Gasteiger partial charge in [-0.15, -0.1) is 0 Å². The molecule has 136 valence electrons. The lowest BCUT2D eigenvalue weighted by Gasteiger charge is -2.08. The van der Waals surface area contributed by atoms with Gasteiger partial charge in [-0.1, -0.05) is 77.1 Å². The molecular formula is C24H21BrO2. The number of rotatable bonds is 8. The summed E-state index contributed by atoms with van der Waals surface area (Å²) in [6.45, 7) is 4.24. The van der Waals surface area contributed by atoms with E-state index in [-0.39, 0.29) is 5.78 Å². The third-order valence-electron chi connectivity index (χ3n) is 4.34. The van der Waals surface area contributed by atoms with Crippen molar-refractivity contribution in [3.05, 3.63) is 107 Å². The van der Waals surface area contributed by atoms with E-state index in [0.29, 0.717) is 17.7 Å². The number of hydrogen-bond donors (Lipinski definition) is 0. The number of ketones is 1. The maximum absolute atomic E-state index is 12.6. The maximum atomic E-state index is 12.6. The van der Waals surface area contributed by atoms with Crippen LogP contribution in [0.25, 0.3) is 6.08 Å². The monoisotopic (exact) mass is 420 g/mol. The second-order valence-electron chi connectivity index (χ2n) is 6.22. The Hall–Kier alpha value is -2.65. The molecule has 0 atom stereocenters. The lowest BCUT2D eigenvalue weighted by molar-refractivity contribution is 0.103. The Morgan fingerprint density at radius 3 is 1.96 bits per heavy atom. The number of carbonyl (C=O) groups is 1. The molecule has 0 amide bonds. The summed E-state index contributed by atoms with van der Waals surface area (Å²) in [5.41, 5.74) is 4.75. The van der Waals surface area contributed by atoms with E-state index in [9.17, 15) is 4.79 Å². The van der Waals surface area contributed by atoms with Crippen LogP contribution in [0.5, 0.6) is 5.75 Å². The number of hydrogen-bond acceptors (Lipinski definition) is 2. The molecule has 0 unspecified atom stereocenters. The second kappa shape index (κ2) is 9.33. The van der Waals surface area contributed by atoms with E-state index >= 15 is 0 Å². The molecule has 3 aromatic carbocycles. The molecule has 0 radical (unpaired) electrons. The van der Waals surface area contributed by atoms with Gasteiger partial charge in [0.05, 0.1) is 0 Å². The average molecular weight is 421 g/mol. The quantitative estimate of drug-likeness (QED) is 0.326. The van der Waals surface area contributed by atoms with Gasteiger partial charge >= 0.3 is 0 Å². The minimum absolute atomic E-state index is 0.0203. The van der Waals surface area contributed by atoms with Gasteiger partial charge in [-0.05, 0) is 47.4 Å². The third kappa shape index (κ3) is 5.18. The van der Waals surface area contributed by atoms with Gasteiger partial charge in [0.15, 0.2) is 5.78 Å². The van der Waals surface area contributed by atoms with Crippen LogP contribution in [0.4, 0.5) is 0 Å². The van der Waals surface area contributed by atoms with Crippen molar-refractivity contribution in [3.8, 4) is 5.75 Å². The van der Waals surface area contributed by atoms with E-state index in [1.807, 2.05) is 78.9 Å². The van der Waals surface area contributed by atoms with Crippen molar-refractivity contribution >= 4 is 27.8 Å². The first-order valence-corrected chi connectivity index (χ1v) is 9.95. The summed E-state index contributed by atoms with van der Waals surface area (Å²) >= 11 is 3.43. The summed E-state index contributed by atoms with van der Waals surface area (Å²) in [6.07, 6.45) is 2.77. The van der Waals surface area contributed by atoms with Crippen molar-refractivity contribution in [1.82, 2.24) is 0 Å². The summed E-state index contributed by atoms with van der Waals surface area (Å²) in [4.78, 5) is 12.6. The molecule has 0 saturated carbocycles. The normalized spacial score (nSPS) is 10.4. The molecule has 0 heterocycles. The molecule has 0 aromatic heterocycles. The smallest absolute Gasteiger partial charge is 0.193 e. The first-order chi connectivity index (χ1) is 13.2. The highest BCUT2D eigenvalue weighted by molar-refractivity contribution is 9.09. The molecule has 0 saturated heterocycles. The minimum Gasteiger partial charge on any atom is -0.489 e. The SMILES string of the molecule is C=Cc1ccc(COc2ccc(C(=O)c3ccc(CCBr)cc3)cc2)cc1. The number of halogens is 1. The van der Waals surface area contributed by atoms with Gasteiger partial charge in [0.25, 0.3) is 0 Å². The molecule has 3 heteroatoms. The molecule has 0 aliphatic carbocycles. The highest BCUT2D eigenvalue weighted by atomic mass is 79.9. The molecule has 2 nitrogen and oxygen atoms in total. The molecule has 3 aromatic rings. The van der Waals surface area contributed by atoms with Crippen molar-refractivity contribution < 1.29 is 9.53 Å². The summed E-state index contributed by atoms with van der Waals surface area (Å²) in [7, 11) is 0. The summed E-state index contributed by atoms with van der Waals surface area (Å²) in [6, 6.07) is 23.1. The topological polar surface area (TPSA) is 26.3 Å². The summed E-state index contributed by atoms with van der Waals surface area (Å²) in [5.74, 6) is 0.763.